The minimum Gasteiger partial charge on any atom is -0.496 e. The summed E-state index contributed by atoms with van der Waals surface area (Å²) in [5.74, 6) is 0.181. The molecule has 0 saturated heterocycles. The Balaban J connectivity index is 2.04. The maximum atomic E-state index is 12.0. The fraction of sp³-hybridized carbons (Fsp3) is 0.462. The molecule has 5 heteroatoms. The van der Waals surface area contributed by atoms with Gasteiger partial charge < -0.3 is 20.9 Å². The van der Waals surface area contributed by atoms with Gasteiger partial charge >= 0.3 is 0 Å². The Bertz CT molecular complexity index is 456. The molecule has 1 amide bonds. The summed E-state index contributed by atoms with van der Waals surface area (Å²) in [6.07, 6.45) is 2.50. The quantitative estimate of drug-likeness (QED) is 0.694. The fourth-order valence-electron chi connectivity index (χ4n) is 2.00. The van der Waals surface area contributed by atoms with Crippen LogP contribution in [0, 0.1) is 0 Å². The number of ether oxygens (including phenoxy) is 1. The van der Waals surface area contributed by atoms with E-state index in [0.717, 1.165) is 19.3 Å². The van der Waals surface area contributed by atoms with Crippen molar-refractivity contribution in [2.75, 3.05) is 19.4 Å². The summed E-state index contributed by atoms with van der Waals surface area (Å²) in [6, 6.07) is 4.87. The van der Waals surface area contributed by atoms with Crippen LogP contribution in [0.1, 0.15) is 29.6 Å². The lowest BCUT2D eigenvalue weighted by atomic mass is 9.80. The number of hydrogen-bond donors (Lipinski definition) is 3. The van der Waals surface area contributed by atoms with Crippen molar-refractivity contribution in [2.24, 2.45) is 0 Å². The van der Waals surface area contributed by atoms with Crippen molar-refractivity contribution in [3.05, 3.63) is 23.8 Å². The van der Waals surface area contributed by atoms with Crippen LogP contribution < -0.4 is 15.8 Å². The molecular weight excluding hydrogens is 232 g/mol. The monoisotopic (exact) mass is 250 g/mol. The number of rotatable bonds is 4. The topological polar surface area (TPSA) is 84.6 Å². The molecule has 0 atom stereocenters. The predicted molar refractivity (Wildman–Crippen MR) is 68.5 cm³/mol. The number of carbonyl (C=O) groups excluding carboxylic acids is 1. The van der Waals surface area contributed by atoms with Gasteiger partial charge in [-0.2, -0.15) is 0 Å². The summed E-state index contributed by atoms with van der Waals surface area (Å²) >= 11 is 0. The number of nitrogen functional groups attached to an aromatic ring is 1. The molecule has 0 bridgehead atoms. The number of amides is 1. The van der Waals surface area contributed by atoms with Gasteiger partial charge in [0.1, 0.15) is 5.75 Å². The third-order valence-corrected chi connectivity index (χ3v) is 3.33. The molecule has 98 valence electrons. The number of methoxy groups -OCH3 is 1. The lowest BCUT2D eigenvalue weighted by Gasteiger charge is -2.36. The van der Waals surface area contributed by atoms with Gasteiger partial charge in [0.2, 0.25) is 0 Å². The van der Waals surface area contributed by atoms with Gasteiger partial charge in [0, 0.05) is 18.3 Å². The van der Waals surface area contributed by atoms with Crippen LogP contribution in [0.25, 0.3) is 0 Å². The molecule has 0 spiro atoms. The number of carbonyl (C=O) groups is 1. The maximum Gasteiger partial charge on any atom is 0.255 e. The van der Waals surface area contributed by atoms with E-state index in [0.29, 0.717) is 17.0 Å². The SMILES string of the molecule is COc1cc(N)ccc1C(=O)NCC1(O)CCC1. The van der Waals surface area contributed by atoms with Crippen molar-refractivity contribution >= 4 is 11.6 Å². The number of benzene rings is 1. The number of anilines is 1. The lowest BCUT2D eigenvalue weighted by Crippen LogP contribution is -2.47. The van der Waals surface area contributed by atoms with Gasteiger partial charge in [-0.3, -0.25) is 4.79 Å². The molecule has 1 aromatic carbocycles. The Kier molecular flexibility index (Phi) is 3.43. The van der Waals surface area contributed by atoms with E-state index in [1.807, 2.05) is 0 Å². The van der Waals surface area contributed by atoms with Crippen molar-refractivity contribution in [3.8, 4) is 5.75 Å². The van der Waals surface area contributed by atoms with Gasteiger partial charge in [-0.25, -0.2) is 0 Å². The molecule has 0 heterocycles. The number of nitrogens with two attached hydrogens (primary N) is 1. The first-order valence-corrected chi connectivity index (χ1v) is 5.98. The standard InChI is InChI=1S/C13H18N2O3/c1-18-11-7-9(14)3-4-10(11)12(16)15-8-13(17)5-2-6-13/h3-4,7,17H,2,5-6,8,14H2,1H3,(H,15,16). The third-order valence-electron chi connectivity index (χ3n) is 3.33. The molecular formula is C13H18N2O3. The van der Waals surface area contributed by atoms with Crippen molar-refractivity contribution < 1.29 is 14.6 Å². The summed E-state index contributed by atoms with van der Waals surface area (Å²) in [6.45, 7) is 0.277. The van der Waals surface area contributed by atoms with Gasteiger partial charge in [0.25, 0.3) is 5.91 Å². The summed E-state index contributed by atoms with van der Waals surface area (Å²) in [5.41, 5.74) is 5.87. The predicted octanol–water partition coefficient (Wildman–Crippen LogP) is 0.922. The highest BCUT2D eigenvalue weighted by atomic mass is 16.5. The molecule has 1 fully saturated rings. The van der Waals surface area contributed by atoms with Crippen molar-refractivity contribution in [1.82, 2.24) is 5.32 Å². The number of nitrogens with one attached hydrogen (secondary N) is 1. The summed E-state index contributed by atoms with van der Waals surface area (Å²) in [4.78, 5) is 12.0. The Labute approximate surface area is 106 Å². The van der Waals surface area contributed by atoms with E-state index >= 15 is 0 Å². The first kappa shape index (κ1) is 12.7. The Morgan fingerprint density at radius 2 is 2.28 bits per heavy atom. The molecule has 1 aliphatic carbocycles. The van der Waals surface area contributed by atoms with Crippen LogP contribution in [0.4, 0.5) is 5.69 Å². The molecule has 0 radical (unpaired) electrons. The average molecular weight is 250 g/mol. The van der Waals surface area contributed by atoms with E-state index in [1.165, 1.54) is 7.11 Å². The highest BCUT2D eigenvalue weighted by Crippen LogP contribution is 2.30. The molecule has 1 saturated carbocycles. The van der Waals surface area contributed by atoms with Crippen LogP contribution in [0.2, 0.25) is 0 Å². The van der Waals surface area contributed by atoms with E-state index in [4.69, 9.17) is 10.5 Å². The molecule has 0 aliphatic heterocycles. The van der Waals surface area contributed by atoms with Gasteiger partial charge in [-0.1, -0.05) is 0 Å². The first-order valence-electron chi connectivity index (χ1n) is 5.98. The second-order valence-electron chi connectivity index (χ2n) is 4.72. The molecule has 0 aromatic heterocycles. The van der Waals surface area contributed by atoms with Gasteiger partial charge in [-0.15, -0.1) is 0 Å². The zero-order chi connectivity index (χ0) is 13.2. The summed E-state index contributed by atoms with van der Waals surface area (Å²) < 4.78 is 5.12. The van der Waals surface area contributed by atoms with Crippen LogP contribution >= 0.6 is 0 Å². The van der Waals surface area contributed by atoms with Gasteiger partial charge in [-0.05, 0) is 31.4 Å². The Morgan fingerprint density at radius 3 is 2.83 bits per heavy atom. The van der Waals surface area contributed by atoms with E-state index in [9.17, 15) is 9.90 Å². The van der Waals surface area contributed by atoms with Crippen molar-refractivity contribution in [1.29, 1.82) is 0 Å². The molecule has 5 nitrogen and oxygen atoms in total. The van der Waals surface area contributed by atoms with E-state index in [1.54, 1.807) is 18.2 Å². The highest BCUT2D eigenvalue weighted by molar-refractivity contribution is 5.97. The second-order valence-corrected chi connectivity index (χ2v) is 4.72. The average Bonchev–Trinajstić information content (AvgIpc) is 2.33. The largest absolute Gasteiger partial charge is 0.496 e. The normalized spacial score (nSPS) is 16.8. The van der Waals surface area contributed by atoms with E-state index in [-0.39, 0.29) is 12.5 Å². The zero-order valence-corrected chi connectivity index (χ0v) is 10.4. The fourth-order valence-corrected chi connectivity index (χ4v) is 2.00. The van der Waals surface area contributed by atoms with Crippen molar-refractivity contribution in [3.63, 3.8) is 0 Å². The van der Waals surface area contributed by atoms with Gasteiger partial charge in [0.15, 0.2) is 0 Å². The number of aliphatic hydroxyl groups is 1. The molecule has 0 unspecified atom stereocenters. The minimum atomic E-state index is -0.725. The number of hydrogen-bond acceptors (Lipinski definition) is 4. The zero-order valence-electron chi connectivity index (χ0n) is 10.4. The van der Waals surface area contributed by atoms with Crippen LogP contribution in [0.15, 0.2) is 18.2 Å². The first-order chi connectivity index (χ1) is 8.54. The molecule has 1 aliphatic rings. The molecule has 2 rings (SSSR count). The lowest BCUT2D eigenvalue weighted by molar-refractivity contribution is -0.0300. The van der Waals surface area contributed by atoms with E-state index < -0.39 is 5.60 Å². The van der Waals surface area contributed by atoms with Crippen LogP contribution in [0.3, 0.4) is 0 Å². The molecule has 1 aromatic rings. The maximum absolute atomic E-state index is 12.0. The minimum absolute atomic E-state index is 0.257. The van der Waals surface area contributed by atoms with Crippen molar-refractivity contribution in [2.45, 2.75) is 24.9 Å². The second kappa shape index (κ2) is 4.86. The summed E-state index contributed by atoms with van der Waals surface area (Å²) in [5, 5.41) is 12.6. The van der Waals surface area contributed by atoms with Gasteiger partial charge in [0.05, 0.1) is 18.3 Å². The Hall–Kier alpha value is -1.75. The smallest absolute Gasteiger partial charge is 0.255 e. The third kappa shape index (κ3) is 2.56. The van der Waals surface area contributed by atoms with Crippen LogP contribution in [0.5, 0.6) is 5.75 Å². The summed E-state index contributed by atoms with van der Waals surface area (Å²) in [7, 11) is 1.49. The molecule has 18 heavy (non-hydrogen) atoms. The van der Waals surface area contributed by atoms with E-state index in [2.05, 4.69) is 5.32 Å². The van der Waals surface area contributed by atoms with Crippen LogP contribution in [-0.2, 0) is 0 Å². The highest BCUT2D eigenvalue weighted by Gasteiger charge is 2.34. The van der Waals surface area contributed by atoms with Crippen LogP contribution in [-0.4, -0.2) is 30.3 Å². The molecule has 4 N–H and O–H groups in total. The Morgan fingerprint density at radius 1 is 1.56 bits per heavy atom.